The molecule has 8 heteroatoms. The number of ether oxygens (including phenoxy) is 1. The lowest BCUT2D eigenvalue weighted by Crippen LogP contribution is -2.24. The quantitative estimate of drug-likeness (QED) is 0.463. The minimum atomic E-state index is -0.134. The van der Waals surface area contributed by atoms with Gasteiger partial charge in [-0.3, -0.25) is 14.3 Å². The van der Waals surface area contributed by atoms with Gasteiger partial charge in [-0.15, -0.1) is 0 Å². The molecule has 0 bridgehead atoms. The first-order chi connectivity index (χ1) is 16.0. The first kappa shape index (κ1) is 21.6. The van der Waals surface area contributed by atoms with Crippen LogP contribution in [-0.4, -0.2) is 38.8 Å². The van der Waals surface area contributed by atoms with E-state index in [-0.39, 0.29) is 11.6 Å². The molecule has 0 radical (unpaired) electrons. The fourth-order valence-electron chi connectivity index (χ4n) is 4.10. The first-order valence-corrected chi connectivity index (χ1v) is 11.4. The summed E-state index contributed by atoms with van der Waals surface area (Å²) in [6.07, 6.45) is 4.48. The molecule has 4 heterocycles. The number of hydrogen-bond acceptors (Lipinski definition) is 6. The minimum Gasteiger partial charge on any atom is -0.379 e. The molecule has 0 saturated carbocycles. The highest BCUT2D eigenvalue weighted by molar-refractivity contribution is 6.33. The molecule has 168 valence electrons. The van der Waals surface area contributed by atoms with Crippen LogP contribution in [0.4, 0.5) is 5.95 Å². The van der Waals surface area contributed by atoms with E-state index in [1.165, 1.54) is 0 Å². The Bertz CT molecular complexity index is 1380. The molecule has 1 saturated heterocycles. The van der Waals surface area contributed by atoms with Crippen molar-refractivity contribution in [2.75, 3.05) is 18.5 Å². The van der Waals surface area contributed by atoms with E-state index >= 15 is 0 Å². The SMILES string of the molecule is CCn1c(=O)c(-c2ccc(-c3ccc(C)nc3)cc2Cl)cc2cnc(N[C@@H]3CCOC3)nc21. The van der Waals surface area contributed by atoms with E-state index in [1.54, 1.807) is 10.8 Å². The molecular formula is C25H24ClN5O2. The molecule has 1 aliphatic heterocycles. The van der Waals surface area contributed by atoms with Crippen molar-refractivity contribution in [2.45, 2.75) is 32.9 Å². The zero-order valence-corrected chi connectivity index (χ0v) is 19.3. The third-order valence-electron chi connectivity index (χ3n) is 5.91. The van der Waals surface area contributed by atoms with Gasteiger partial charge in [-0.2, -0.15) is 4.98 Å². The number of nitrogens with one attached hydrogen (secondary N) is 1. The van der Waals surface area contributed by atoms with E-state index in [1.807, 2.05) is 56.4 Å². The van der Waals surface area contributed by atoms with Gasteiger partial charge in [-0.1, -0.05) is 29.8 Å². The lowest BCUT2D eigenvalue weighted by atomic mass is 10.0. The number of anilines is 1. The molecule has 1 fully saturated rings. The summed E-state index contributed by atoms with van der Waals surface area (Å²) in [4.78, 5) is 26.9. The van der Waals surface area contributed by atoms with E-state index in [0.717, 1.165) is 35.2 Å². The molecule has 1 aliphatic rings. The molecular weight excluding hydrogens is 438 g/mol. The smallest absolute Gasteiger partial charge is 0.260 e. The third-order valence-corrected chi connectivity index (χ3v) is 6.22. The normalized spacial score (nSPS) is 15.8. The molecule has 3 aromatic heterocycles. The summed E-state index contributed by atoms with van der Waals surface area (Å²) in [5.74, 6) is 0.501. The molecule has 0 spiro atoms. The van der Waals surface area contributed by atoms with Gasteiger partial charge in [-0.05, 0) is 44.0 Å². The van der Waals surface area contributed by atoms with Crippen molar-refractivity contribution in [3.05, 3.63) is 69.9 Å². The van der Waals surface area contributed by atoms with Crippen LogP contribution in [0.2, 0.25) is 5.02 Å². The number of nitrogens with zero attached hydrogens (tertiary/aromatic N) is 4. The van der Waals surface area contributed by atoms with E-state index < -0.39 is 0 Å². The van der Waals surface area contributed by atoms with E-state index in [4.69, 9.17) is 16.3 Å². The summed E-state index contributed by atoms with van der Waals surface area (Å²) in [5, 5.41) is 4.58. The predicted molar refractivity (Wildman–Crippen MR) is 131 cm³/mol. The molecule has 5 rings (SSSR count). The van der Waals surface area contributed by atoms with Gasteiger partial charge >= 0.3 is 0 Å². The van der Waals surface area contributed by atoms with Gasteiger partial charge in [0.25, 0.3) is 5.56 Å². The van der Waals surface area contributed by atoms with Gasteiger partial charge in [-0.25, -0.2) is 4.98 Å². The van der Waals surface area contributed by atoms with Crippen molar-refractivity contribution in [3.63, 3.8) is 0 Å². The first-order valence-electron chi connectivity index (χ1n) is 11.0. The Kier molecular flexibility index (Phi) is 5.83. The summed E-state index contributed by atoms with van der Waals surface area (Å²) in [7, 11) is 0. The molecule has 33 heavy (non-hydrogen) atoms. The maximum Gasteiger partial charge on any atom is 0.260 e. The second-order valence-corrected chi connectivity index (χ2v) is 8.57. The van der Waals surface area contributed by atoms with Crippen LogP contribution in [0.25, 0.3) is 33.3 Å². The molecule has 0 unspecified atom stereocenters. The highest BCUT2D eigenvalue weighted by Gasteiger charge is 2.18. The van der Waals surface area contributed by atoms with Gasteiger partial charge in [0.15, 0.2) is 0 Å². The maximum atomic E-state index is 13.4. The van der Waals surface area contributed by atoms with Gasteiger partial charge in [0.05, 0.1) is 12.6 Å². The summed E-state index contributed by atoms with van der Waals surface area (Å²) in [5.41, 5.74) is 4.54. The van der Waals surface area contributed by atoms with E-state index in [0.29, 0.717) is 40.9 Å². The number of rotatable bonds is 5. The third kappa shape index (κ3) is 4.21. The second-order valence-electron chi connectivity index (χ2n) is 8.17. The number of hydrogen-bond donors (Lipinski definition) is 1. The zero-order chi connectivity index (χ0) is 22.9. The summed E-state index contributed by atoms with van der Waals surface area (Å²) in [6, 6.07) is 11.7. The zero-order valence-electron chi connectivity index (χ0n) is 18.5. The molecule has 0 amide bonds. The lowest BCUT2D eigenvalue weighted by molar-refractivity contribution is 0.195. The minimum absolute atomic E-state index is 0.134. The van der Waals surface area contributed by atoms with Crippen molar-refractivity contribution < 1.29 is 4.74 Å². The van der Waals surface area contributed by atoms with Crippen molar-refractivity contribution in [1.29, 1.82) is 0 Å². The number of halogens is 1. The summed E-state index contributed by atoms with van der Waals surface area (Å²) < 4.78 is 7.07. The van der Waals surface area contributed by atoms with Crippen molar-refractivity contribution in [2.24, 2.45) is 0 Å². The maximum absolute atomic E-state index is 13.4. The van der Waals surface area contributed by atoms with E-state index in [9.17, 15) is 4.79 Å². The number of pyridine rings is 2. The molecule has 1 N–H and O–H groups in total. The highest BCUT2D eigenvalue weighted by atomic mass is 35.5. The number of aryl methyl sites for hydroxylation is 2. The average Bonchev–Trinajstić information content (AvgIpc) is 3.32. The van der Waals surface area contributed by atoms with Crippen LogP contribution < -0.4 is 10.9 Å². The Balaban J connectivity index is 1.56. The predicted octanol–water partition coefficient (Wildman–Crippen LogP) is 4.70. The van der Waals surface area contributed by atoms with E-state index in [2.05, 4.69) is 20.3 Å². The lowest BCUT2D eigenvalue weighted by Gasteiger charge is -2.14. The van der Waals surface area contributed by atoms with Crippen LogP contribution in [0.15, 0.2) is 53.6 Å². The Morgan fingerprint density at radius 2 is 1.97 bits per heavy atom. The van der Waals surface area contributed by atoms with Crippen LogP contribution in [-0.2, 0) is 11.3 Å². The summed E-state index contributed by atoms with van der Waals surface area (Å²) >= 11 is 6.66. The van der Waals surface area contributed by atoms with Crippen molar-refractivity contribution in [3.8, 4) is 22.3 Å². The van der Waals surface area contributed by atoms with Gasteiger partial charge in [0.1, 0.15) is 5.65 Å². The number of fused-ring (bicyclic) bond motifs is 1. The van der Waals surface area contributed by atoms with Gasteiger partial charge in [0, 0.05) is 58.3 Å². The van der Waals surface area contributed by atoms with Crippen LogP contribution >= 0.6 is 11.6 Å². The Hall–Kier alpha value is -3.29. The fourth-order valence-corrected chi connectivity index (χ4v) is 4.38. The Labute approximate surface area is 196 Å². The molecule has 1 atom stereocenters. The fraction of sp³-hybridized carbons (Fsp3) is 0.280. The van der Waals surface area contributed by atoms with Crippen molar-refractivity contribution >= 4 is 28.6 Å². The molecule has 4 aromatic rings. The number of benzene rings is 1. The van der Waals surface area contributed by atoms with Crippen LogP contribution in [0.5, 0.6) is 0 Å². The van der Waals surface area contributed by atoms with Gasteiger partial charge < -0.3 is 10.1 Å². The van der Waals surface area contributed by atoms with Crippen molar-refractivity contribution in [1.82, 2.24) is 19.5 Å². The number of aromatic nitrogens is 4. The largest absolute Gasteiger partial charge is 0.379 e. The average molecular weight is 462 g/mol. The second kappa shape index (κ2) is 8.92. The van der Waals surface area contributed by atoms with Crippen LogP contribution in [0.1, 0.15) is 19.0 Å². The van der Waals surface area contributed by atoms with Crippen LogP contribution in [0.3, 0.4) is 0 Å². The highest BCUT2D eigenvalue weighted by Crippen LogP contribution is 2.32. The van der Waals surface area contributed by atoms with Crippen LogP contribution in [0, 0.1) is 6.92 Å². The summed E-state index contributed by atoms with van der Waals surface area (Å²) in [6.45, 7) is 5.73. The Morgan fingerprint density at radius 1 is 1.12 bits per heavy atom. The Morgan fingerprint density at radius 3 is 2.67 bits per heavy atom. The molecule has 7 nitrogen and oxygen atoms in total. The monoisotopic (exact) mass is 461 g/mol. The molecule has 1 aromatic carbocycles. The standard InChI is InChI=1S/C25H24ClN5O2/c1-3-31-23-18(13-28-25(30-23)29-19-8-9-33-14-19)10-21(24(31)32)20-7-6-16(11-22(20)26)17-5-4-15(2)27-12-17/h4-7,10-13,19H,3,8-9,14H2,1-2H3,(H,28,29,30)/t19-/m1/s1. The van der Waals surface area contributed by atoms with Gasteiger partial charge in [0.2, 0.25) is 5.95 Å². The molecule has 0 aliphatic carbocycles. The topological polar surface area (TPSA) is 81.9 Å².